The second-order valence-corrected chi connectivity index (χ2v) is 8.24. The van der Waals surface area contributed by atoms with Gasteiger partial charge in [0.25, 0.3) is 0 Å². The van der Waals surface area contributed by atoms with Crippen LogP contribution in [0.15, 0.2) is 78.9 Å². The van der Waals surface area contributed by atoms with Crippen LogP contribution in [0.4, 0.5) is 13.2 Å². The molecule has 3 aromatic carbocycles. The van der Waals surface area contributed by atoms with Crippen LogP contribution in [0.3, 0.4) is 0 Å². The number of nitrogens with two attached hydrogens (primary N) is 1. The smallest absolute Gasteiger partial charge is 0.490 e. The Morgan fingerprint density at radius 2 is 1.65 bits per heavy atom. The highest BCUT2D eigenvalue weighted by Gasteiger charge is 2.38. The summed E-state index contributed by atoms with van der Waals surface area (Å²) in [4.78, 5) is 9.70. The first-order valence-corrected chi connectivity index (χ1v) is 10.9. The molecule has 0 aliphatic heterocycles. The van der Waals surface area contributed by atoms with Crippen LogP contribution in [-0.4, -0.2) is 29.7 Å². The molecule has 0 radical (unpaired) electrons. The molecule has 5 nitrogen and oxygen atoms in total. The van der Waals surface area contributed by atoms with E-state index < -0.39 is 12.1 Å². The molecule has 0 unspecified atom stereocenters. The van der Waals surface area contributed by atoms with E-state index in [0.29, 0.717) is 6.61 Å². The maximum Gasteiger partial charge on any atom is 0.490 e. The van der Waals surface area contributed by atoms with Crippen LogP contribution in [0.25, 0.3) is 21.2 Å². The third kappa shape index (κ3) is 6.58. The minimum Gasteiger partial charge on any atom is -0.493 e. The Morgan fingerprint density at radius 1 is 1.00 bits per heavy atom. The van der Waals surface area contributed by atoms with Gasteiger partial charge >= 0.3 is 12.1 Å². The van der Waals surface area contributed by atoms with Crippen LogP contribution in [0, 0.1) is 5.41 Å². The van der Waals surface area contributed by atoms with E-state index in [9.17, 15) is 13.2 Å². The summed E-state index contributed by atoms with van der Waals surface area (Å²) in [5, 5.41) is 15.9. The van der Waals surface area contributed by atoms with Gasteiger partial charge in [0, 0.05) is 16.7 Å². The summed E-state index contributed by atoms with van der Waals surface area (Å²) in [6.07, 6.45) is -4.21. The molecule has 1 heterocycles. The van der Waals surface area contributed by atoms with Crippen LogP contribution >= 0.6 is 11.3 Å². The summed E-state index contributed by atoms with van der Waals surface area (Å²) in [6.45, 7) is 0.635. The monoisotopic (exact) mass is 486 g/mol. The lowest BCUT2D eigenvalue weighted by Gasteiger charge is -2.12. The summed E-state index contributed by atoms with van der Waals surface area (Å²) in [6, 6.07) is 26.8. The van der Waals surface area contributed by atoms with E-state index in [-0.39, 0.29) is 5.84 Å². The number of nitrogen functional groups attached to an aromatic ring is 1. The van der Waals surface area contributed by atoms with Gasteiger partial charge in [-0.3, -0.25) is 5.41 Å². The standard InChI is InChI=1S/C23H20N2OS.C2HF3O2/c24-23(25)22-15-18-14-17(10-11-21(18)27-22)19-8-4-5-9-20(19)26-13-12-16-6-2-1-3-7-16;3-2(4,5)1(6)7/h1-11,14-15H,12-13H2,(H3,24,25);(H,6,7). The van der Waals surface area contributed by atoms with E-state index in [1.54, 1.807) is 11.3 Å². The number of amidine groups is 1. The van der Waals surface area contributed by atoms with Gasteiger partial charge in [-0.2, -0.15) is 13.2 Å². The SMILES string of the molecule is N=C(N)c1cc2cc(-c3ccccc3OCCc3ccccc3)ccc2s1.O=C(O)C(F)(F)F. The zero-order chi connectivity index (χ0) is 24.7. The predicted octanol–water partition coefficient (Wildman–Crippen LogP) is 6.11. The minimum absolute atomic E-state index is 0.113. The summed E-state index contributed by atoms with van der Waals surface area (Å²) in [5.41, 5.74) is 9.07. The number of aliphatic carboxylic acids is 1. The number of hydrogen-bond acceptors (Lipinski definition) is 4. The highest BCUT2D eigenvalue weighted by molar-refractivity contribution is 7.20. The quantitative estimate of drug-likeness (QED) is 0.226. The molecule has 4 rings (SSSR count). The van der Waals surface area contributed by atoms with Crippen LogP contribution in [0.5, 0.6) is 5.75 Å². The number of thiophene rings is 1. The maximum absolute atomic E-state index is 10.6. The Labute approximate surface area is 197 Å². The maximum atomic E-state index is 10.6. The van der Waals surface area contributed by atoms with Gasteiger partial charge < -0.3 is 15.6 Å². The predicted molar refractivity (Wildman–Crippen MR) is 128 cm³/mol. The molecule has 0 saturated carbocycles. The number of carboxylic acids is 1. The zero-order valence-corrected chi connectivity index (χ0v) is 18.6. The number of ether oxygens (including phenoxy) is 1. The molecule has 0 aliphatic rings. The lowest BCUT2D eigenvalue weighted by Crippen LogP contribution is -2.21. The van der Waals surface area contributed by atoms with E-state index in [4.69, 9.17) is 25.8 Å². The lowest BCUT2D eigenvalue weighted by atomic mass is 10.0. The third-order valence-corrected chi connectivity index (χ3v) is 5.86. The molecule has 1 aromatic heterocycles. The number of hydrogen-bond donors (Lipinski definition) is 3. The number of para-hydroxylation sites is 1. The Kier molecular flexibility index (Phi) is 7.91. The van der Waals surface area contributed by atoms with Gasteiger partial charge in [0.15, 0.2) is 0 Å². The van der Waals surface area contributed by atoms with Gasteiger partial charge in [0.2, 0.25) is 0 Å². The summed E-state index contributed by atoms with van der Waals surface area (Å²) in [5.74, 6) is -1.76. The van der Waals surface area contributed by atoms with Crippen molar-refractivity contribution in [2.24, 2.45) is 5.73 Å². The molecule has 0 saturated heterocycles. The third-order valence-electron chi connectivity index (χ3n) is 4.71. The van der Waals surface area contributed by atoms with Crippen molar-refractivity contribution < 1.29 is 27.8 Å². The molecule has 0 bridgehead atoms. The minimum atomic E-state index is -5.08. The molecular formula is C25H21F3N2O3S. The fourth-order valence-corrected chi connectivity index (χ4v) is 4.00. The van der Waals surface area contributed by atoms with Crippen molar-refractivity contribution in [3.8, 4) is 16.9 Å². The van der Waals surface area contributed by atoms with Crippen molar-refractivity contribution in [1.29, 1.82) is 5.41 Å². The van der Waals surface area contributed by atoms with E-state index in [0.717, 1.165) is 38.3 Å². The van der Waals surface area contributed by atoms with Crippen molar-refractivity contribution in [1.82, 2.24) is 0 Å². The van der Waals surface area contributed by atoms with E-state index in [1.807, 2.05) is 30.3 Å². The normalized spacial score (nSPS) is 10.9. The van der Waals surface area contributed by atoms with Gasteiger partial charge in [0.05, 0.1) is 11.5 Å². The fourth-order valence-electron chi connectivity index (χ4n) is 3.10. The van der Waals surface area contributed by atoms with Crippen LogP contribution in [0.2, 0.25) is 0 Å². The second-order valence-electron chi connectivity index (χ2n) is 7.16. The molecule has 0 atom stereocenters. The largest absolute Gasteiger partial charge is 0.493 e. The molecule has 176 valence electrons. The van der Waals surface area contributed by atoms with Gasteiger partial charge in [0.1, 0.15) is 11.6 Å². The number of carbonyl (C=O) groups is 1. The van der Waals surface area contributed by atoms with Crippen LogP contribution in [0.1, 0.15) is 10.4 Å². The first kappa shape index (κ1) is 24.8. The highest BCUT2D eigenvalue weighted by atomic mass is 32.1. The Hall–Kier alpha value is -3.85. The molecule has 9 heteroatoms. The van der Waals surface area contributed by atoms with Crippen molar-refractivity contribution in [2.75, 3.05) is 6.61 Å². The number of rotatable bonds is 6. The first-order chi connectivity index (χ1) is 16.1. The highest BCUT2D eigenvalue weighted by Crippen LogP contribution is 2.34. The van der Waals surface area contributed by atoms with Gasteiger partial charge in [-0.25, -0.2) is 4.79 Å². The lowest BCUT2D eigenvalue weighted by molar-refractivity contribution is -0.192. The Bertz CT molecular complexity index is 1290. The number of benzene rings is 3. The summed E-state index contributed by atoms with van der Waals surface area (Å²) in [7, 11) is 0. The van der Waals surface area contributed by atoms with Crippen LogP contribution in [-0.2, 0) is 11.2 Å². The molecular weight excluding hydrogens is 465 g/mol. The molecule has 34 heavy (non-hydrogen) atoms. The molecule has 4 aromatic rings. The zero-order valence-electron chi connectivity index (χ0n) is 17.8. The van der Waals surface area contributed by atoms with Gasteiger partial charge in [-0.1, -0.05) is 54.6 Å². The van der Waals surface area contributed by atoms with E-state index in [2.05, 4.69) is 48.5 Å². The second kappa shape index (κ2) is 10.8. The number of fused-ring (bicyclic) bond motifs is 1. The Balaban J connectivity index is 0.000000406. The number of alkyl halides is 3. The number of nitrogens with one attached hydrogen (secondary N) is 1. The number of carboxylic acid groups (broad SMARTS) is 1. The van der Waals surface area contributed by atoms with Crippen LogP contribution < -0.4 is 10.5 Å². The molecule has 0 amide bonds. The number of halogens is 3. The van der Waals surface area contributed by atoms with Crippen molar-refractivity contribution in [3.05, 3.63) is 89.3 Å². The summed E-state index contributed by atoms with van der Waals surface area (Å²) < 4.78 is 39.0. The average molecular weight is 487 g/mol. The summed E-state index contributed by atoms with van der Waals surface area (Å²) >= 11 is 1.54. The van der Waals surface area contributed by atoms with E-state index >= 15 is 0 Å². The van der Waals surface area contributed by atoms with Gasteiger partial charge in [-0.05, 0) is 40.8 Å². The van der Waals surface area contributed by atoms with Crippen molar-refractivity contribution in [2.45, 2.75) is 12.6 Å². The Morgan fingerprint density at radius 3 is 2.29 bits per heavy atom. The molecule has 0 spiro atoms. The average Bonchev–Trinajstić information content (AvgIpc) is 3.24. The topological polar surface area (TPSA) is 96.4 Å². The molecule has 0 aliphatic carbocycles. The first-order valence-electron chi connectivity index (χ1n) is 10.1. The van der Waals surface area contributed by atoms with Crippen molar-refractivity contribution >= 4 is 33.2 Å². The molecule has 4 N–H and O–H groups in total. The fraction of sp³-hybridized carbons (Fsp3) is 0.120. The van der Waals surface area contributed by atoms with E-state index in [1.165, 1.54) is 5.56 Å². The molecule has 0 fully saturated rings. The van der Waals surface area contributed by atoms with Crippen molar-refractivity contribution in [3.63, 3.8) is 0 Å². The van der Waals surface area contributed by atoms with Gasteiger partial charge in [-0.15, -0.1) is 11.3 Å².